The fraction of sp³-hybridized carbons (Fsp3) is 0.176. The highest BCUT2D eigenvalue weighted by Crippen LogP contribution is 2.32. The third-order valence-corrected chi connectivity index (χ3v) is 3.63. The predicted octanol–water partition coefficient (Wildman–Crippen LogP) is 2.37. The minimum Gasteiger partial charge on any atom is -0.454 e. The Morgan fingerprint density at radius 3 is 2.67 bits per heavy atom. The molecule has 0 bridgehead atoms. The maximum Gasteiger partial charge on any atom is 0.238 e. The first-order valence-corrected chi connectivity index (χ1v) is 7.91. The zero-order valence-electron chi connectivity index (χ0n) is 12.9. The molecule has 0 radical (unpaired) electrons. The lowest BCUT2D eigenvalue weighted by molar-refractivity contribution is -0.121. The van der Waals surface area contributed by atoms with E-state index in [-0.39, 0.29) is 12.7 Å². The molecule has 3 rings (SSSR count). The fourth-order valence-corrected chi connectivity index (χ4v) is 2.40. The quantitative estimate of drug-likeness (QED) is 0.585. The number of amides is 1. The van der Waals surface area contributed by atoms with E-state index in [1.807, 2.05) is 48.5 Å². The van der Waals surface area contributed by atoms with Crippen LogP contribution in [0.15, 0.2) is 48.5 Å². The van der Waals surface area contributed by atoms with Crippen LogP contribution in [0.25, 0.3) is 0 Å². The van der Waals surface area contributed by atoms with Gasteiger partial charge in [-0.25, -0.2) is 0 Å². The first kappa shape index (κ1) is 16.1. The van der Waals surface area contributed by atoms with Gasteiger partial charge in [-0.3, -0.25) is 15.6 Å². The molecule has 0 saturated heterocycles. The molecule has 1 aliphatic rings. The lowest BCUT2D eigenvalue weighted by Gasteiger charge is -2.11. The van der Waals surface area contributed by atoms with Crippen molar-refractivity contribution in [3.05, 3.63) is 54.1 Å². The van der Waals surface area contributed by atoms with E-state index >= 15 is 0 Å². The molecule has 7 heteroatoms. The number of nitrogens with one attached hydrogen (secondary N) is 3. The largest absolute Gasteiger partial charge is 0.454 e. The molecule has 2 aromatic rings. The standard InChI is InChI=1S/C17H17N3O3S/c21-16(19-20-17(24)18-13-4-2-1-3-5-13)9-7-12-6-8-14-15(10-12)23-11-22-14/h1-6,8,10H,7,9,11H2,(H,19,21)(H2,18,20,24). The number of aryl methyl sites for hydroxylation is 1. The van der Waals surface area contributed by atoms with Gasteiger partial charge in [0.15, 0.2) is 16.6 Å². The molecule has 0 aromatic heterocycles. The number of hydrogen-bond acceptors (Lipinski definition) is 4. The Kier molecular flexibility index (Phi) is 5.12. The topological polar surface area (TPSA) is 71.6 Å². The maximum atomic E-state index is 11.9. The molecule has 24 heavy (non-hydrogen) atoms. The minimum atomic E-state index is -0.148. The molecule has 1 aliphatic heterocycles. The van der Waals surface area contributed by atoms with Crippen molar-refractivity contribution in [3.63, 3.8) is 0 Å². The number of carbonyl (C=O) groups is 1. The first-order valence-electron chi connectivity index (χ1n) is 7.50. The van der Waals surface area contributed by atoms with Crippen LogP contribution in [0.5, 0.6) is 11.5 Å². The van der Waals surface area contributed by atoms with Crippen LogP contribution in [-0.4, -0.2) is 17.8 Å². The van der Waals surface area contributed by atoms with E-state index in [2.05, 4.69) is 16.2 Å². The van der Waals surface area contributed by atoms with Gasteiger partial charge in [0.1, 0.15) is 0 Å². The summed E-state index contributed by atoms with van der Waals surface area (Å²) in [6, 6.07) is 15.2. The molecule has 1 heterocycles. The number of thiocarbonyl (C=S) groups is 1. The second-order valence-electron chi connectivity index (χ2n) is 5.18. The van der Waals surface area contributed by atoms with Crippen molar-refractivity contribution < 1.29 is 14.3 Å². The molecule has 0 fully saturated rings. The van der Waals surface area contributed by atoms with Crippen molar-refractivity contribution in [2.45, 2.75) is 12.8 Å². The van der Waals surface area contributed by atoms with Crippen molar-refractivity contribution in [1.82, 2.24) is 10.9 Å². The van der Waals surface area contributed by atoms with E-state index in [4.69, 9.17) is 21.7 Å². The van der Waals surface area contributed by atoms with Crippen LogP contribution < -0.4 is 25.6 Å². The molecule has 0 atom stereocenters. The number of para-hydroxylation sites is 1. The van der Waals surface area contributed by atoms with Crippen LogP contribution in [0.2, 0.25) is 0 Å². The smallest absolute Gasteiger partial charge is 0.238 e. The summed E-state index contributed by atoms with van der Waals surface area (Å²) < 4.78 is 10.6. The number of ether oxygens (including phenoxy) is 2. The van der Waals surface area contributed by atoms with Crippen molar-refractivity contribution >= 4 is 28.9 Å². The second kappa shape index (κ2) is 7.65. The Labute approximate surface area is 145 Å². The average molecular weight is 343 g/mol. The van der Waals surface area contributed by atoms with E-state index in [0.29, 0.717) is 18.0 Å². The summed E-state index contributed by atoms with van der Waals surface area (Å²) in [4.78, 5) is 11.9. The molecule has 1 amide bonds. The third-order valence-electron chi connectivity index (χ3n) is 3.42. The number of hydrogen-bond donors (Lipinski definition) is 3. The van der Waals surface area contributed by atoms with Crippen molar-refractivity contribution in [3.8, 4) is 11.5 Å². The van der Waals surface area contributed by atoms with E-state index in [1.54, 1.807) is 0 Å². The molecule has 3 N–H and O–H groups in total. The third kappa shape index (κ3) is 4.36. The van der Waals surface area contributed by atoms with Crippen molar-refractivity contribution in [1.29, 1.82) is 0 Å². The minimum absolute atomic E-state index is 0.148. The van der Waals surface area contributed by atoms with Gasteiger partial charge < -0.3 is 14.8 Å². The highest BCUT2D eigenvalue weighted by molar-refractivity contribution is 7.80. The van der Waals surface area contributed by atoms with Crippen molar-refractivity contribution in [2.24, 2.45) is 0 Å². The number of anilines is 1. The Morgan fingerprint density at radius 1 is 1.04 bits per heavy atom. The lowest BCUT2D eigenvalue weighted by atomic mass is 10.1. The highest BCUT2D eigenvalue weighted by atomic mass is 32.1. The Hall–Kier alpha value is -2.80. The molecule has 0 saturated carbocycles. The molecule has 124 valence electrons. The van der Waals surface area contributed by atoms with Gasteiger partial charge in [-0.2, -0.15) is 0 Å². The normalized spacial score (nSPS) is 11.7. The molecular formula is C17H17N3O3S. The van der Waals surface area contributed by atoms with Gasteiger partial charge in [-0.1, -0.05) is 24.3 Å². The van der Waals surface area contributed by atoms with Crippen LogP contribution in [0, 0.1) is 0 Å². The average Bonchev–Trinajstić information content (AvgIpc) is 3.07. The van der Waals surface area contributed by atoms with Gasteiger partial charge in [0, 0.05) is 12.1 Å². The van der Waals surface area contributed by atoms with Gasteiger partial charge in [0.2, 0.25) is 12.7 Å². The summed E-state index contributed by atoms with van der Waals surface area (Å²) in [5.41, 5.74) is 7.13. The molecule has 0 spiro atoms. The zero-order valence-corrected chi connectivity index (χ0v) is 13.7. The molecule has 0 aliphatic carbocycles. The predicted molar refractivity (Wildman–Crippen MR) is 94.8 cm³/mol. The Bertz CT molecular complexity index is 737. The summed E-state index contributed by atoms with van der Waals surface area (Å²) in [6.07, 6.45) is 0.934. The molecule has 6 nitrogen and oxygen atoms in total. The van der Waals surface area contributed by atoms with Gasteiger partial charge in [0.25, 0.3) is 0 Å². The monoisotopic (exact) mass is 343 g/mol. The number of benzene rings is 2. The number of fused-ring (bicyclic) bond motifs is 1. The molecule has 0 unspecified atom stereocenters. The van der Waals surface area contributed by atoms with Gasteiger partial charge in [-0.05, 0) is 48.5 Å². The maximum absolute atomic E-state index is 11.9. The van der Waals surface area contributed by atoms with E-state index in [0.717, 1.165) is 22.7 Å². The van der Waals surface area contributed by atoms with Gasteiger partial charge in [-0.15, -0.1) is 0 Å². The Balaban J connectivity index is 1.40. The SMILES string of the molecule is O=C(CCc1ccc2c(c1)OCO2)NNC(=S)Nc1ccccc1. The second-order valence-corrected chi connectivity index (χ2v) is 5.59. The summed E-state index contributed by atoms with van der Waals surface area (Å²) in [5, 5.41) is 3.31. The fourth-order valence-electron chi connectivity index (χ4n) is 2.23. The van der Waals surface area contributed by atoms with E-state index < -0.39 is 0 Å². The van der Waals surface area contributed by atoms with Crippen LogP contribution in [0.4, 0.5) is 5.69 Å². The van der Waals surface area contributed by atoms with E-state index in [1.165, 1.54) is 0 Å². The Morgan fingerprint density at radius 2 is 1.83 bits per heavy atom. The highest BCUT2D eigenvalue weighted by Gasteiger charge is 2.13. The first-order chi connectivity index (χ1) is 11.7. The lowest BCUT2D eigenvalue weighted by Crippen LogP contribution is -2.43. The zero-order chi connectivity index (χ0) is 16.8. The molecule has 2 aromatic carbocycles. The van der Waals surface area contributed by atoms with E-state index in [9.17, 15) is 4.79 Å². The van der Waals surface area contributed by atoms with Gasteiger partial charge >= 0.3 is 0 Å². The number of rotatable bonds is 4. The van der Waals surface area contributed by atoms with Crippen LogP contribution in [0.3, 0.4) is 0 Å². The summed E-state index contributed by atoms with van der Waals surface area (Å²) >= 11 is 5.12. The summed E-state index contributed by atoms with van der Waals surface area (Å²) in [6.45, 7) is 0.245. The van der Waals surface area contributed by atoms with Gasteiger partial charge in [0.05, 0.1) is 0 Å². The molecular weight excluding hydrogens is 326 g/mol. The summed E-state index contributed by atoms with van der Waals surface area (Å²) in [7, 11) is 0. The summed E-state index contributed by atoms with van der Waals surface area (Å²) in [5.74, 6) is 1.31. The van der Waals surface area contributed by atoms with Crippen LogP contribution >= 0.6 is 12.2 Å². The van der Waals surface area contributed by atoms with Crippen LogP contribution in [0.1, 0.15) is 12.0 Å². The van der Waals surface area contributed by atoms with Crippen LogP contribution in [-0.2, 0) is 11.2 Å². The number of hydrazine groups is 1. The van der Waals surface area contributed by atoms with Crippen molar-refractivity contribution in [2.75, 3.05) is 12.1 Å². The number of carbonyl (C=O) groups excluding carboxylic acids is 1.